The average molecular weight is 1380 g/mol. The van der Waals surface area contributed by atoms with E-state index in [1.165, 1.54) is 424 Å². The summed E-state index contributed by atoms with van der Waals surface area (Å²) in [5.41, 5.74) is 0. The summed E-state index contributed by atoms with van der Waals surface area (Å²) in [6, 6.07) is 0. The van der Waals surface area contributed by atoms with Crippen LogP contribution in [0.1, 0.15) is 489 Å². The number of phosphoric ester groups is 1. The van der Waals surface area contributed by atoms with Crippen LogP contribution in [-0.4, -0.2) is 74.9 Å². The van der Waals surface area contributed by atoms with Gasteiger partial charge in [-0.05, 0) is 12.8 Å². The zero-order valence-electron chi connectivity index (χ0n) is 65.9. The van der Waals surface area contributed by atoms with Crippen molar-refractivity contribution in [2.75, 3.05) is 47.5 Å². The maximum Gasteiger partial charge on any atom is 0.472 e. The molecule has 0 saturated heterocycles. The number of hydrogen-bond acceptors (Lipinski definition) is 7. The number of rotatable bonds is 84. The van der Waals surface area contributed by atoms with Gasteiger partial charge in [0, 0.05) is 12.8 Å². The first-order valence-electron chi connectivity index (χ1n) is 43.8. The molecule has 0 spiro atoms. The summed E-state index contributed by atoms with van der Waals surface area (Å²) in [6.07, 6.45) is 98.7. The molecule has 0 aromatic heterocycles. The molecule has 0 rings (SSSR count). The molecule has 0 saturated carbocycles. The zero-order valence-corrected chi connectivity index (χ0v) is 66.8. The Balaban J connectivity index is 3.83. The van der Waals surface area contributed by atoms with E-state index in [0.717, 1.165) is 38.5 Å². The lowest BCUT2D eigenvalue weighted by molar-refractivity contribution is -0.870. The van der Waals surface area contributed by atoms with E-state index in [-0.39, 0.29) is 25.6 Å². The fraction of sp³-hybridized carbons (Fsp3) is 0.977. The van der Waals surface area contributed by atoms with Crippen LogP contribution in [0.15, 0.2) is 0 Å². The van der Waals surface area contributed by atoms with E-state index in [2.05, 4.69) is 13.8 Å². The van der Waals surface area contributed by atoms with Crippen molar-refractivity contribution in [2.45, 2.75) is 495 Å². The molecule has 0 aliphatic carbocycles. The van der Waals surface area contributed by atoms with Crippen LogP contribution in [0, 0.1) is 0 Å². The molecule has 0 aliphatic rings. The van der Waals surface area contributed by atoms with Gasteiger partial charge in [0.05, 0.1) is 27.7 Å². The highest BCUT2D eigenvalue weighted by molar-refractivity contribution is 7.47. The van der Waals surface area contributed by atoms with Gasteiger partial charge < -0.3 is 18.9 Å². The number of unbranched alkanes of at least 4 members (excludes halogenated alkanes) is 70. The highest BCUT2D eigenvalue weighted by Gasteiger charge is 2.27. The van der Waals surface area contributed by atoms with Gasteiger partial charge in [0.15, 0.2) is 6.10 Å². The number of phosphoric acid groups is 1. The van der Waals surface area contributed by atoms with E-state index in [0.29, 0.717) is 17.4 Å². The van der Waals surface area contributed by atoms with Crippen molar-refractivity contribution in [3.63, 3.8) is 0 Å². The minimum Gasteiger partial charge on any atom is -0.462 e. The van der Waals surface area contributed by atoms with Crippen molar-refractivity contribution in [3.05, 3.63) is 0 Å². The molecule has 9 nitrogen and oxygen atoms in total. The number of nitrogens with zero attached hydrogens (tertiary/aromatic N) is 1. The van der Waals surface area contributed by atoms with Crippen molar-refractivity contribution >= 4 is 19.8 Å². The van der Waals surface area contributed by atoms with E-state index in [1.54, 1.807) is 0 Å². The Labute approximate surface area is 601 Å². The molecule has 0 fully saturated rings. The first kappa shape index (κ1) is 95.0. The molecule has 0 amide bonds. The molecule has 10 heteroatoms. The van der Waals surface area contributed by atoms with Crippen LogP contribution in [-0.2, 0) is 32.7 Å². The lowest BCUT2D eigenvalue weighted by atomic mass is 10.0. The number of hydrogen-bond donors (Lipinski definition) is 1. The van der Waals surface area contributed by atoms with Crippen LogP contribution in [0.3, 0.4) is 0 Å². The summed E-state index contributed by atoms with van der Waals surface area (Å²) in [4.78, 5) is 36.0. The van der Waals surface area contributed by atoms with E-state index in [9.17, 15) is 19.0 Å². The lowest BCUT2D eigenvalue weighted by Crippen LogP contribution is -2.37. The number of likely N-dealkylation sites (N-methyl/N-ethyl adjacent to an activating group) is 1. The largest absolute Gasteiger partial charge is 0.472 e. The maximum atomic E-state index is 12.9. The molecule has 96 heavy (non-hydrogen) atoms. The van der Waals surface area contributed by atoms with E-state index >= 15 is 0 Å². The van der Waals surface area contributed by atoms with Crippen molar-refractivity contribution < 1.29 is 42.1 Å². The lowest BCUT2D eigenvalue weighted by Gasteiger charge is -2.24. The van der Waals surface area contributed by atoms with Crippen LogP contribution in [0.2, 0.25) is 0 Å². The molecule has 0 aromatic carbocycles. The molecule has 0 bridgehead atoms. The Morgan fingerprint density at radius 3 is 0.667 bits per heavy atom. The molecular formula is C86H173NO8P+. The molecule has 2 unspecified atom stereocenters. The van der Waals surface area contributed by atoms with Gasteiger partial charge >= 0.3 is 19.8 Å². The number of carbonyl (C=O) groups excluding carboxylic acids is 2. The molecule has 1 N–H and O–H groups in total. The summed E-state index contributed by atoms with van der Waals surface area (Å²) >= 11 is 0. The van der Waals surface area contributed by atoms with Gasteiger partial charge in [0.2, 0.25) is 0 Å². The Hall–Kier alpha value is -0.990. The van der Waals surface area contributed by atoms with E-state index in [1.807, 2.05) is 21.1 Å². The van der Waals surface area contributed by atoms with Crippen molar-refractivity contribution in [1.82, 2.24) is 0 Å². The predicted octanol–water partition coefficient (Wildman–Crippen LogP) is 29.2. The minimum atomic E-state index is -4.39. The third-order valence-electron chi connectivity index (χ3n) is 20.6. The molecule has 2 atom stereocenters. The third-order valence-corrected chi connectivity index (χ3v) is 21.6. The SMILES string of the molecule is CCCCCCCCCCCCCCCCCCCCCCCCCCCCCCCCCCCCCCCC(=O)OC(COC(=O)CCCCCCCCCCCCCCCCCCCCCCCCCCCCCCCCCCCCC)COP(=O)(O)OCC[N+](C)(C)C. The maximum absolute atomic E-state index is 12.9. The standard InChI is InChI=1S/C86H172NO8P/c1-6-8-10-12-14-16-18-20-22-24-26-28-30-32-34-36-38-40-42-43-45-47-49-51-53-55-57-59-61-63-65-67-69-71-73-75-77-79-86(89)95-84(83-94-96(90,91)93-81-80-87(3,4)5)82-92-85(88)78-76-74-72-70-68-66-64-62-60-58-56-54-52-50-48-46-44-41-39-37-35-33-31-29-27-25-23-21-19-17-15-13-11-9-7-2/h84H,6-83H2,1-5H3/p+1. The quantitative estimate of drug-likeness (QED) is 0.0278. The Bertz CT molecular complexity index is 1570. The van der Waals surface area contributed by atoms with Crippen LogP contribution < -0.4 is 0 Å². The molecular weight excluding hydrogens is 1210 g/mol. The van der Waals surface area contributed by atoms with Gasteiger partial charge in [-0.25, -0.2) is 4.57 Å². The fourth-order valence-electron chi connectivity index (χ4n) is 14.0. The zero-order chi connectivity index (χ0) is 69.7. The molecule has 0 aromatic rings. The summed E-state index contributed by atoms with van der Waals surface area (Å²) in [5, 5.41) is 0. The van der Waals surface area contributed by atoms with Crippen molar-refractivity contribution in [1.29, 1.82) is 0 Å². The summed E-state index contributed by atoms with van der Waals surface area (Å²) in [6.45, 7) is 4.55. The topological polar surface area (TPSA) is 108 Å². The molecule has 0 heterocycles. The smallest absolute Gasteiger partial charge is 0.462 e. The summed E-state index contributed by atoms with van der Waals surface area (Å²) in [5.74, 6) is -0.762. The van der Waals surface area contributed by atoms with Crippen LogP contribution in [0.25, 0.3) is 0 Å². The van der Waals surface area contributed by atoms with Gasteiger partial charge in [-0.1, -0.05) is 463 Å². The van der Waals surface area contributed by atoms with Gasteiger partial charge in [-0.2, -0.15) is 0 Å². The number of esters is 2. The second-order valence-corrected chi connectivity index (χ2v) is 33.1. The van der Waals surface area contributed by atoms with Gasteiger partial charge in [0.1, 0.15) is 19.8 Å². The van der Waals surface area contributed by atoms with Gasteiger partial charge in [0.25, 0.3) is 0 Å². The number of ether oxygens (including phenoxy) is 2. The Kier molecular flexibility index (Phi) is 77.3. The highest BCUT2D eigenvalue weighted by atomic mass is 31.2. The van der Waals surface area contributed by atoms with Crippen molar-refractivity contribution in [2.24, 2.45) is 0 Å². The van der Waals surface area contributed by atoms with Crippen LogP contribution >= 0.6 is 7.82 Å². The highest BCUT2D eigenvalue weighted by Crippen LogP contribution is 2.43. The molecule has 0 aliphatic heterocycles. The average Bonchev–Trinajstić information content (AvgIpc) is 2.72. The van der Waals surface area contributed by atoms with E-state index < -0.39 is 26.5 Å². The van der Waals surface area contributed by atoms with E-state index in [4.69, 9.17) is 18.5 Å². The fourth-order valence-corrected chi connectivity index (χ4v) is 14.7. The summed E-state index contributed by atoms with van der Waals surface area (Å²) < 4.78 is 34.9. The number of quaternary nitrogens is 1. The van der Waals surface area contributed by atoms with Crippen LogP contribution in [0.5, 0.6) is 0 Å². The number of carbonyl (C=O) groups is 2. The Morgan fingerprint density at radius 2 is 0.469 bits per heavy atom. The first-order chi connectivity index (χ1) is 47.0. The van der Waals surface area contributed by atoms with Gasteiger partial charge in [-0.15, -0.1) is 0 Å². The summed E-state index contributed by atoms with van der Waals surface area (Å²) in [7, 11) is 1.51. The second-order valence-electron chi connectivity index (χ2n) is 31.7. The predicted molar refractivity (Wildman–Crippen MR) is 418 cm³/mol. The molecule has 0 radical (unpaired) electrons. The third kappa shape index (κ3) is 82.0. The molecule has 574 valence electrons. The normalized spacial score (nSPS) is 12.9. The van der Waals surface area contributed by atoms with Crippen molar-refractivity contribution in [3.8, 4) is 0 Å². The minimum absolute atomic E-state index is 0.0379. The van der Waals surface area contributed by atoms with Gasteiger partial charge in [-0.3, -0.25) is 18.6 Å². The van der Waals surface area contributed by atoms with Crippen LogP contribution in [0.4, 0.5) is 0 Å². The Morgan fingerprint density at radius 1 is 0.281 bits per heavy atom. The monoisotopic (exact) mass is 1380 g/mol. The first-order valence-corrected chi connectivity index (χ1v) is 45.3. The second kappa shape index (κ2) is 78.2.